The summed E-state index contributed by atoms with van der Waals surface area (Å²) in [6, 6.07) is 8.61. The van der Waals surface area contributed by atoms with Crippen LogP contribution in [0.2, 0.25) is 0 Å². The fraction of sp³-hybridized carbons (Fsp3) is 0.312. The zero-order valence-corrected chi connectivity index (χ0v) is 12.9. The largest absolute Gasteiger partial charge is 0.329 e. The van der Waals surface area contributed by atoms with Gasteiger partial charge in [-0.15, -0.1) is 11.3 Å². The van der Waals surface area contributed by atoms with Crippen LogP contribution in [0.1, 0.15) is 26.9 Å². The van der Waals surface area contributed by atoms with Crippen molar-refractivity contribution in [3.05, 3.63) is 51.5 Å². The maximum atomic E-state index is 6.32. The normalized spacial score (nSPS) is 13.0. The second-order valence-corrected chi connectivity index (χ2v) is 6.70. The maximum absolute atomic E-state index is 6.32. The van der Waals surface area contributed by atoms with Crippen LogP contribution in [-0.2, 0) is 6.54 Å². The zero-order valence-electron chi connectivity index (χ0n) is 12.1. The van der Waals surface area contributed by atoms with E-state index < -0.39 is 0 Å². The molecule has 2 N–H and O–H groups in total. The van der Waals surface area contributed by atoms with Gasteiger partial charge in [-0.05, 0) is 56.2 Å². The first-order valence-corrected chi connectivity index (χ1v) is 7.60. The van der Waals surface area contributed by atoms with Crippen molar-refractivity contribution in [3.8, 4) is 0 Å². The van der Waals surface area contributed by atoms with Gasteiger partial charge in [0, 0.05) is 16.3 Å². The molecule has 3 aromatic rings. The molecule has 0 amide bonds. The van der Waals surface area contributed by atoms with Crippen LogP contribution >= 0.6 is 11.3 Å². The van der Waals surface area contributed by atoms with E-state index in [9.17, 15) is 0 Å². The van der Waals surface area contributed by atoms with E-state index in [1.165, 1.54) is 20.9 Å². The zero-order chi connectivity index (χ0) is 14.3. The van der Waals surface area contributed by atoms with Crippen LogP contribution in [0, 0.1) is 20.8 Å². The van der Waals surface area contributed by atoms with Gasteiger partial charge in [-0.3, -0.25) is 0 Å². The Labute approximate surface area is 123 Å². The summed E-state index contributed by atoms with van der Waals surface area (Å²) in [6.07, 6.45) is 1.89. The Balaban J connectivity index is 1.93. The highest BCUT2D eigenvalue weighted by Gasteiger charge is 2.12. The number of benzene rings is 1. The molecular formula is C16H19N3S. The molecular weight excluding hydrogens is 266 g/mol. The highest BCUT2D eigenvalue weighted by atomic mass is 32.1. The Bertz CT molecular complexity index is 754. The summed E-state index contributed by atoms with van der Waals surface area (Å²) in [4.78, 5) is 7.02. The highest BCUT2D eigenvalue weighted by molar-refractivity contribution is 7.12. The smallest absolute Gasteiger partial charge is 0.0958 e. The SMILES string of the molecule is Cc1ccc(C(N)Cn2cnc3cc(C)c(C)cc32)s1. The lowest BCUT2D eigenvalue weighted by Gasteiger charge is -2.12. The van der Waals surface area contributed by atoms with E-state index in [1.54, 1.807) is 11.3 Å². The van der Waals surface area contributed by atoms with Crippen molar-refractivity contribution in [1.29, 1.82) is 0 Å². The van der Waals surface area contributed by atoms with Gasteiger partial charge in [-0.1, -0.05) is 0 Å². The summed E-state index contributed by atoms with van der Waals surface area (Å²) >= 11 is 1.77. The van der Waals surface area contributed by atoms with Gasteiger partial charge >= 0.3 is 0 Å². The van der Waals surface area contributed by atoms with Crippen LogP contribution in [0.3, 0.4) is 0 Å². The number of nitrogens with two attached hydrogens (primary N) is 1. The predicted molar refractivity (Wildman–Crippen MR) is 85.2 cm³/mol. The molecule has 0 saturated carbocycles. The molecule has 0 spiro atoms. The fourth-order valence-corrected chi connectivity index (χ4v) is 3.28. The second kappa shape index (κ2) is 5.04. The third-order valence-corrected chi connectivity index (χ3v) is 4.89. The monoisotopic (exact) mass is 285 g/mol. The molecule has 3 nitrogen and oxygen atoms in total. The Morgan fingerprint density at radius 3 is 2.65 bits per heavy atom. The summed E-state index contributed by atoms with van der Waals surface area (Å²) in [7, 11) is 0. The van der Waals surface area contributed by atoms with Gasteiger partial charge < -0.3 is 10.3 Å². The lowest BCUT2D eigenvalue weighted by Crippen LogP contribution is -2.15. The standard InChI is InChI=1S/C16H19N3S/c1-10-6-14-15(7-11(10)2)19(9-18-14)8-13(17)16-5-4-12(3)20-16/h4-7,9,13H,8,17H2,1-3H3. The third-order valence-electron chi connectivity index (χ3n) is 3.76. The molecule has 0 aliphatic heterocycles. The molecule has 4 heteroatoms. The number of aryl methyl sites for hydroxylation is 3. The topological polar surface area (TPSA) is 43.8 Å². The first-order chi connectivity index (χ1) is 9.54. The van der Waals surface area contributed by atoms with Crippen molar-refractivity contribution >= 4 is 22.4 Å². The third kappa shape index (κ3) is 2.37. The van der Waals surface area contributed by atoms with Crippen molar-refractivity contribution in [2.75, 3.05) is 0 Å². The van der Waals surface area contributed by atoms with Crippen LogP contribution in [0.5, 0.6) is 0 Å². The van der Waals surface area contributed by atoms with Gasteiger partial charge in [0.05, 0.1) is 23.4 Å². The lowest BCUT2D eigenvalue weighted by molar-refractivity contribution is 0.596. The average Bonchev–Trinajstić information content (AvgIpc) is 2.98. The number of imidazole rings is 1. The van der Waals surface area contributed by atoms with Crippen LogP contribution in [0.4, 0.5) is 0 Å². The molecule has 0 radical (unpaired) electrons. The van der Waals surface area contributed by atoms with Crippen molar-refractivity contribution in [1.82, 2.24) is 9.55 Å². The van der Waals surface area contributed by atoms with E-state index in [1.807, 2.05) is 6.33 Å². The number of thiophene rings is 1. The van der Waals surface area contributed by atoms with Gasteiger partial charge in [0.25, 0.3) is 0 Å². The first-order valence-electron chi connectivity index (χ1n) is 6.78. The lowest BCUT2D eigenvalue weighted by atomic mass is 10.1. The number of fused-ring (bicyclic) bond motifs is 1. The molecule has 0 fully saturated rings. The van der Waals surface area contributed by atoms with E-state index in [-0.39, 0.29) is 6.04 Å². The number of hydrogen-bond donors (Lipinski definition) is 1. The minimum atomic E-state index is 0.0210. The Hall–Kier alpha value is -1.65. The molecule has 2 heterocycles. The molecule has 20 heavy (non-hydrogen) atoms. The molecule has 3 rings (SSSR count). The molecule has 1 aromatic carbocycles. The van der Waals surface area contributed by atoms with Gasteiger partial charge in [0.15, 0.2) is 0 Å². The van der Waals surface area contributed by atoms with Crippen LogP contribution < -0.4 is 5.73 Å². The van der Waals surface area contributed by atoms with E-state index in [0.717, 1.165) is 17.6 Å². The molecule has 2 aromatic heterocycles. The predicted octanol–water partition coefficient (Wildman–Crippen LogP) is 3.72. The van der Waals surface area contributed by atoms with E-state index in [4.69, 9.17) is 5.73 Å². The molecule has 0 saturated heterocycles. The van der Waals surface area contributed by atoms with Crippen molar-refractivity contribution < 1.29 is 0 Å². The van der Waals surface area contributed by atoms with E-state index in [2.05, 4.69) is 54.6 Å². The fourth-order valence-electron chi connectivity index (χ4n) is 2.41. The Morgan fingerprint density at radius 1 is 1.20 bits per heavy atom. The summed E-state index contributed by atoms with van der Waals surface area (Å²) < 4.78 is 2.15. The maximum Gasteiger partial charge on any atom is 0.0958 e. The average molecular weight is 285 g/mol. The number of hydrogen-bond acceptors (Lipinski definition) is 3. The summed E-state index contributed by atoms with van der Waals surface area (Å²) in [5.74, 6) is 0. The molecule has 0 aliphatic carbocycles. The molecule has 0 aliphatic rings. The minimum Gasteiger partial charge on any atom is -0.329 e. The summed E-state index contributed by atoms with van der Waals surface area (Å²) in [5.41, 5.74) is 11.1. The molecule has 104 valence electrons. The van der Waals surface area contributed by atoms with Crippen LogP contribution in [0.25, 0.3) is 11.0 Å². The summed E-state index contributed by atoms with van der Waals surface area (Å²) in [5, 5.41) is 0. The minimum absolute atomic E-state index is 0.0210. The van der Waals surface area contributed by atoms with Gasteiger partial charge in [0.2, 0.25) is 0 Å². The molecule has 1 atom stereocenters. The highest BCUT2D eigenvalue weighted by Crippen LogP contribution is 2.24. The van der Waals surface area contributed by atoms with Gasteiger partial charge in [0.1, 0.15) is 0 Å². The van der Waals surface area contributed by atoms with Crippen molar-refractivity contribution in [2.45, 2.75) is 33.4 Å². The first kappa shape index (κ1) is 13.3. The van der Waals surface area contributed by atoms with Crippen molar-refractivity contribution in [2.24, 2.45) is 5.73 Å². The van der Waals surface area contributed by atoms with Crippen LogP contribution in [0.15, 0.2) is 30.6 Å². The Kier molecular flexibility index (Phi) is 3.36. The second-order valence-electron chi connectivity index (χ2n) is 5.38. The quantitative estimate of drug-likeness (QED) is 0.797. The van der Waals surface area contributed by atoms with Gasteiger partial charge in [-0.25, -0.2) is 4.98 Å². The van der Waals surface area contributed by atoms with E-state index in [0.29, 0.717) is 0 Å². The number of rotatable bonds is 3. The Morgan fingerprint density at radius 2 is 1.95 bits per heavy atom. The molecule has 0 bridgehead atoms. The number of aromatic nitrogens is 2. The number of nitrogens with zero attached hydrogens (tertiary/aromatic N) is 2. The summed E-state index contributed by atoms with van der Waals surface area (Å²) in [6.45, 7) is 7.13. The van der Waals surface area contributed by atoms with Crippen molar-refractivity contribution in [3.63, 3.8) is 0 Å². The van der Waals surface area contributed by atoms with E-state index >= 15 is 0 Å². The van der Waals surface area contributed by atoms with Gasteiger partial charge in [-0.2, -0.15) is 0 Å². The van der Waals surface area contributed by atoms with Crippen LogP contribution in [-0.4, -0.2) is 9.55 Å². The molecule has 1 unspecified atom stereocenters.